The highest BCUT2D eigenvalue weighted by Crippen LogP contribution is 2.25. The standard InChI is InChI=1S/C20H22N2O4/c1-22-9-8-13-10-14(4-7-17(13)22)18(23)12-21-20(24)16-6-5-15(25-2)11-19(16)26-3/h4-11,18,23H,12H2,1-3H3,(H,21,24). The number of amides is 1. The molecule has 0 saturated heterocycles. The van der Waals surface area contributed by atoms with Crippen molar-refractivity contribution in [3.63, 3.8) is 0 Å². The molecule has 3 aromatic rings. The first kappa shape index (κ1) is 17.8. The van der Waals surface area contributed by atoms with Crippen molar-refractivity contribution in [3.05, 3.63) is 59.8 Å². The molecule has 0 aliphatic rings. The van der Waals surface area contributed by atoms with Gasteiger partial charge in [0.15, 0.2) is 0 Å². The van der Waals surface area contributed by atoms with Gasteiger partial charge in [-0.25, -0.2) is 0 Å². The summed E-state index contributed by atoms with van der Waals surface area (Å²) in [6.07, 6.45) is 1.17. The molecule has 1 unspecified atom stereocenters. The van der Waals surface area contributed by atoms with Gasteiger partial charge in [-0.15, -0.1) is 0 Å². The van der Waals surface area contributed by atoms with Crippen molar-refractivity contribution in [2.24, 2.45) is 7.05 Å². The van der Waals surface area contributed by atoms with Gasteiger partial charge in [-0.05, 0) is 41.3 Å². The fourth-order valence-corrected chi connectivity index (χ4v) is 2.90. The summed E-state index contributed by atoms with van der Waals surface area (Å²) < 4.78 is 12.4. The number of methoxy groups -OCH3 is 2. The maximum atomic E-state index is 12.4. The average Bonchev–Trinajstić information content (AvgIpc) is 3.05. The highest BCUT2D eigenvalue weighted by molar-refractivity contribution is 5.97. The first-order valence-electron chi connectivity index (χ1n) is 8.26. The second-order valence-electron chi connectivity index (χ2n) is 6.04. The summed E-state index contributed by atoms with van der Waals surface area (Å²) >= 11 is 0. The van der Waals surface area contributed by atoms with Gasteiger partial charge in [-0.3, -0.25) is 4.79 Å². The first-order valence-corrected chi connectivity index (χ1v) is 8.26. The van der Waals surface area contributed by atoms with Crippen molar-refractivity contribution in [3.8, 4) is 11.5 Å². The number of aliphatic hydroxyl groups is 1. The van der Waals surface area contributed by atoms with Crippen LogP contribution in [0.3, 0.4) is 0 Å². The number of aryl methyl sites for hydroxylation is 1. The van der Waals surface area contributed by atoms with E-state index in [1.54, 1.807) is 25.3 Å². The fourth-order valence-electron chi connectivity index (χ4n) is 2.90. The topological polar surface area (TPSA) is 72.7 Å². The molecule has 1 aromatic heterocycles. The zero-order valence-corrected chi connectivity index (χ0v) is 15.0. The van der Waals surface area contributed by atoms with Gasteiger partial charge < -0.3 is 24.5 Å². The Morgan fingerprint density at radius 3 is 2.69 bits per heavy atom. The Morgan fingerprint density at radius 1 is 1.15 bits per heavy atom. The molecule has 1 amide bonds. The van der Waals surface area contributed by atoms with Gasteiger partial charge in [-0.1, -0.05) is 6.07 Å². The van der Waals surface area contributed by atoms with Crippen LogP contribution >= 0.6 is 0 Å². The van der Waals surface area contributed by atoms with Crippen molar-refractivity contribution in [2.75, 3.05) is 20.8 Å². The Labute approximate surface area is 152 Å². The van der Waals surface area contributed by atoms with E-state index in [2.05, 4.69) is 5.32 Å². The minimum atomic E-state index is -0.798. The van der Waals surface area contributed by atoms with Crippen molar-refractivity contribution in [1.29, 1.82) is 0 Å². The Hall–Kier alpha value is -2.99. The van der Waals surface area contributed by atoms with Crippen LogP contribution in [0.15, 0.2) is 48.7 Å². The Balaban J connectivity index is 1.70. The normalized spacial score (nSPS) is 12.0. The molecule has 1 atom stereocenters. The maximum absolute atomic E-state index is 12.4. The molecule has 0 fully saturated rings. The quantitative estimate of drug-likeness (QED) is 0.714. The summed E-state index contributed by atoms with van der Waals surface area (Å²) in [6, 6.07) is 12.7. The van der Waals surface area contributed by atoms with E-state index >= 15 is 0 Å². The van der Waals surface area contributed by atoms with Gasteiger partial charge in [0.2, 0.25) is 0 Å². The van der Waals surface area contributed by atoms with Crippen LogP contribution in [-0.4, -0.2) is 36.3 Å². The van der Waals surface area contributed by atoms with Crippen LogP contribution in [0, 0.1) is 0 Å². The Kier molecular flexibility index (Phi) is 5.14. The Bertz CT molecular complexity index is 933. The fraction of sp³-hybridized carbons (Fsp3) is 0.250. The van der Waals surface area contributed by atoms with E-state index in [0.29, 0.717) is 17.1 Å². The lowest BCUT2D eigenvalue weighted by Crippen LogP contribution is -2.28. The van der Waals surface area contributed by atoms with Gasteiger partial charge in [0.05, 0.1) is 25.9 Å². The van der Waals surface area contributed by atoms with Gasteiger partial charge in [0.1, 0.15) is 11.5 Å². The second-order valence-corrected chi connectivity index (χ2v) is 6.04. The largest absolute Gasteiger partial charge is 0.497 e. The third kappa shape index (κ3) is 3.50. The third-order valence-electron chi connectivity index (χ3n) is 4.40. The highest BCUT2D eigenvalue weighted by Gasteiger charge is 2.16. The molecule has 0 bridgehead atoms. The van der Waals surface area contributed by atoms with Crippen LogP contribution in [0.5, 0.6) is 11.5 Å². The molecule has 2 N–H and O–H groups in total. The van der Waals surface area contributed by atoms with E-state index in [0.717, 1.165) is 16.5 Å². The van der Waals surface area contributed by atoms with Gasteiger partial charge in [0, 0.05) is 31.4 Å². The molecule has 6 heteroatoms. The lowest BCUT2D eigenvalue weighted by molar-refractivity contribution is 0.0913. The van der Waals surface area contributed by atoms with Gasteiger partial charge in [0.25, 0.3) is 5.91 Å². The minimum absolute atomic E-state index is 0.104. The van der Waals surface area contributed by atoms with Crippen LogP contribution in [-0.2, 0) is 7.05 Å². The predicted molar refractivity (Wildman–Crippen MR) is 99.8 cm³/mol. The lowest BCUT2D eigenvalue weighted by atomic mass is 10.1. The number of benzene rings is 2. The summed E-state index contributed by atoms with van der Waals surface area (Å²) in [4.78, 5) is 12.4. The number of aromatic nitrogens is 1. The number of nitrogens with zero attached hydrogens (tertiary/aromatic N) is 1. The van der Waals surface area contributed by atoms with E-state index in [-0.39, 0.29) is 12.5 Å². The molecular weight excluding hydrogens is 332 g/mol. The van der Waals surface area contributed by atoms with E-state index in [1.165, 1.54) is 7.11 Å². The second kappa shape index (κ2) is 7.49. The lowest BCUT2D eigenvalue weighted by Gasteiger charge is -2.14. The van der Waals surface area contributed by atoms with Crippen LogP contribution in [0.25, 0.3) is 10.9 Å². The maximum Gasteiger partial charge on any atom is 0.255 e. The zero-order chi connectivity index (χ0) is 18.7. The van der Waals surface area contributed by atoms with Crippen molar-refractivity contribution in [2.45, 2.75) is 6.10 Å². The van der Waals surface area contributed by atoms with E-state index in [9.17, 15) is 9.90 Å². The first-order chi connectivity index (χ1) is 12.5. The predicted octanol–water partition coefficient (Wildman–Crippen LogP) is 2.66. The molecule has 0 saturated carbocycles. The zero-order valence-electron chi connectivity index (χ0n) is 15.0. The molecule has 0 radical (unpaired) electrons. The summed E-state index contributed by atoms with van der Waals surface area (Å²) in [6.45, 7) is 0.104. The van der Waals surface area contributed by atoms with Crippen molar-refractivity contribution >= 4 is 16.8 Å². The molecule has 26 heavy (non-hydrogen) atoms. The highest BCUT2D eigenvalue weighted by atomic mass is 16.5. The van der Waals surface area contributed by atoms with Gasteiger partial charge >= 0.3 is 0 Å². The molecule has 1 heterocycles. The van der Waals surface area contributed by atoms with Crippen LogP contribution in [0.2, 0.25) is 0 Å². The summed E-state index contributed by atoms with van der Waals surface area (Å²) in [7, 11) is 5.02. The molecule has 6 nitrogen and oxygen atoms in total. The molecule has 3 rings (SSSR count). The number of hydrogen-bond donors (Lipinski definition) is 2. The molecule has 0 spiro atoms. The number of hydrogen-bond acceptors (Lipinski definition) is 4. The molecule has 136 valence electrons. The minimum Gasteiger partial charge on any atom is -0.497 e. The number of rotatable bonds is 6. The monoisotopic (exact) mass is 354 g/mol. The number of carbonyl (C=O) groups is 1. The number of aliphatic hydroxyl groups excluding tert-OH is 1. The third-order valence-corrected chi connectivity index (χ3v) is 4.40. The number of ether oxygens (including phenoxy) is 2. The molecule has 0 aliphatic carbocycles. The van der Waals surface area contributed by atoms with E-state index in [4.69, 9.17) is 9.47 Å². The summed E-state index contributed by atoms with van der Waals surface area (Å²) in [5.74, 6) is 0.709. The van der Waals surface area contributed by atoms with Crippen LogP contribution in [0.1, 0.15) is 22.0 Å². The number of fused-ring (bicyclic) bond motifs is 1. The summed E-state index contributed by atoms with van der Waals surface area (Å²) in [5, 5.41) is 14.2. The number of nitrogens with one attached hydrogen (secondary N) is 1. The molecule has 0 aliphatic heterocycles. The Morgan fingerprint density at radius 2 is 1.96 bits per heavy atom. The van der Waals surface area contributed by atoms with E-state index in [1.807, 2.05) is 42.1 Å². The number of carbonyl (C=O) groups excluding carboxylic acids is 1. The van der Waals surface area contributed by atoms with Crippen LogP contribution < -0.4 is 14.8 Å². The smallest absolute Gasteiger partial charge is 0.255 e. The van der Waals surface area contributed by atoms with Crippen molar-refractivity contribution < 1.29 is 19.4 Å². The SMILES string of the molecule is COc1ccc(C(=O)NCC(O)c2ccc3c(ccn3C)c2)c(OC)c1. The summed E-state index contributed by atoms with van der Waals surface area (Å²) in [5.41, 5.74) is 2.23. The average molecular weight is 354 g/mol. The molecular formula is C20H22N2O4. The molecule has 2 aromatic carbocycles. The van der Waals surface area contributed by atoms with Crippen LogP contribution in [0.4, 0.5) is 0 Å². The van der Waals surface area contributed by atoms with Crippen molar-refractivity contribution in [1.82, 2.24) is 9.88 Å². The van der Waals surface area contributed by atoms with Gasteiger partial charge in [-0.2, -0.15) is 0 Å². The van der Waals surface area contributed by atoms with E-state index < -0.39 is 6.10 Å².